The second kappa shape index (κ2) is 4.72. The third-order valence-electron chi connectivity index (χ3n) is 1.59. The fraction of sp³-hybridized carbons (Fsp3) is 0.111. The maximum atomic E-state index is 13.0. The molecule has 0 aliphatic rings. The summed E-state index contributed by atoms with van der Waals surface area (Å²) >= 11 is 5.37. The predicted octanol–water partition coefficient (Wildman–Crippen LogP) is 2.99. The summed E-state index contributed by atoms with van der Waals surface area (Å²) in [6, 6.07) is 3.93. The van der Waals surface area contributed by atoms with Gasteiger partial charge in [-0.15, -0.1) is 11.6 Å². The molecule has 0 aliphatic carbocycles. The molecular formula is C9H7ClFNO2. The van der Waals surface area contributed by atoms with Crippen LogP contribution in [0.5, 0.6) is 0 Å². The summed E-state index contributed by atoms with van der Waals surface area (Å²) in [5.74, 6) is -0.611. The first-order valence-electron chi connectivity index (χ1n) is 3.82. The molecule has 0 atom stereocenters. The van der Waals surface area contributed by atoms with Crippen LogP contribution in [-0.2, 0) is 0 Å². The Balaban J connectivity index is 3.21. The van der Waals surface area contributed by atoms with E-state index in [1.54, 1.807) is 0 Å². The van der Waals surface area contributed by atoms with Gasteiger partial charge in [-0.2, -0.15) is 4.39 Å². The highest BCUT2D eigenvalue weighted by Crippen LogP contribution is 2.23. The summed E-state index contributed by atoms with van der Waals surface area (Å²) in [5, 5.41) is 10.5. The average Bonchev–Trinajstić information content (AvgIpc) is 2.14. The topological polar surface area (TPSA) is 43.1 Å². The molecule has 14 heavy (non-hydrogen) atoms. The van der Waals surface area contributed by atoms with Gasteiger partial charge in [0, 0.05) is 5.88 Å². The summed E-state index contributed by atoms with van der Waals surface area (Å²) in [6.45, 7) is 0. The molecule has 0 fully saturated rings. The Morgan fingerprint density at radius 3 is 2.86 bits per heavy atom. The normalized spacial score (nSPS) is 10.7. The molecular weight excluding hydrogens is 209 g/mol. The smallest absolute Gasteiger partial charge is 0.258 e. The lowest BCUT2D eigenvalue weighted by Gasteiger charge is -1.97. The minimum atomic E-state index is -0.841. The van der Waals surface area contributed by atoms with Crippen LogP contribution in [0.1, 0.15) is 5.56 Å². The number of nitro groups is 1. The molecule has 0 N–H and O–H groups in total. The number of hydrogen-bond donors (Lipinski definition) is 0. The molecule has 0 bridgehead atoms. The number of rotatable bonds is 3. The number of allylic oxidation sites excluding steroid dienone is 1. The van der Waals surface area contributed by atoms with Crippen LogP contribution in [0, 0.1) is 15.9 Å². The second-order valence-electron chi connectivity index (χ2n) is 2.49. The van der Waals surface area contributed by atoms with E-state index in [0.29, 0.717) is 0 Å². The van der Waals surface area contributed by atoms with Crippen LogP contribution in [0.4, 0.5) is 10.1 Å². The largest absolute Gasteiger partial charge is 0.311 e. The van der Waals surface area contributed by atoms with Gasteiger partial charge in [-0.25, -0.2) is 0 Å². The number of nitrogens with zero attached hydrogens (tertiary/aromatic N) is 1. The highest BCUT2D eigenvalue weighted by atomic mass is 35.5. The molecule has 0 radical (unpaired) electrons. The standard InChI is InChI=1S/C9H7ClFNO2/c10-6-2-4-7-3-1-5-8(11)9(7)12(13)14/h1-5H,6H2. The summed E-state index contributed by atoms with van der Waals surface area (Å²) in [7, 11) is 0. The molecule has 0 spiro atoms. The van der Waals surface area contributed by atoms with Crippen LogP contribution < -0.4 is 0 Å². The van der Waals surface area contributed by atoms with Crippen molar-refractivity contribution in [2.45, 2.75) is 0 Å². The van der Waals surface area contributed by atoms with Gasteiger partial charge in [-0.1, -0.05) is 18.2 Å². The first-order valence-corrected chi connectivity index (χ1v) is 4.35. The number of alkyl halides is 1. The zero-order valence-corrected chi connectivity index (χ0v) is 7.87. The SMILES string of the molecule is O=[N+]([O-])c1c(F)cccc1C=CCCl. The van der Waals surface area contributed by atoms with Crippen molar-refractivity contribution in [3.8, 4) is 0 Å². The molecule has 5 heteroatoms. The van der Waals surface area contributed by atoms with Gasteiger partial charge in [0.25, 0.3) is 0 Å². The zero-order chi connectivity index (χ0) is 10.6. The Hall–Kier alpha value is -1.42. The third-order valence-corrected chi connectivity index (χ3v) is 1.77. The predicted molar refractivity (Wildman–Crippen MR) is 52.8 cm³/mol. The van der Waals surface area contributed by atoms with Crippen LogP contribution in [0.3, 0.4) is 0 Å². The van der Waals surface area contributed by atoms with Gasteiger partial charge in [0.1, 0.15) is 0 Å². The first-order chi connectivity index (χ1) is 6.66. The molecule has 0 amide bonds. The van der Waals surface area contributed by atoms with Crippen molar-refractivity contribution in [2.75, 3.05) is 5.88 Å². The molecule has 0 heterocycles. The fourth-order valence-electron chi connectivity index (χ4n) is 1.03. The van der Waals surface area contributed by atoms with E-state index in [9.17, 15) is 14.5 Å². The zero-order valence-electron chi connectivity index (χ0n) is 7.11. The summed E-state index contributed by atoms with van der Waals surface area (Å²) in [6.07, 6.45) is 2.94. The van der Waals surface area contributed by atoms with Crippen molar-refractivity contribution >= 4 is 23.4 Å². The highest BCUT2D eigenvalue weighted by Gasteiger charge is 2.17. The van der Waals surface area contributed by atoms with Crippen molar-refractivity contribution in [3.05, 3.63) is 45.8 Å². The van der Waals surface area contributed by atoms with Crippen molar-refractivity contribution in [1.82, 2.24) is 0 Å². The highest BCUT2D eigenvalue weighted by molar-refractivity contribution is 6.19. The molecule has 3 nitrogen and oxygen atoms in total. The molecule has 0 saturated carbocycles. The van der Waals surface area contributed by atoms with E-state index in [1.165, 1.54) is 24.3 Å². The van der Waals surface area contributed by atoms with Gasteiger partial charge in [0.2, 0.25) is 5.82 Å². The third kappa shape index (κ3) is 2.29. The quantitative estimate of drug-likeness (QED) is 0.442. The van der Waals surface area contributed by atoms with E-state index in [2.05, 4.69) is 0 Å². The lowest BCUT2D eigenvalue weighted by molar-refractivity contribution is -0.387. The Morgan fingerprint density at radius 1 is 1.57 bits per heavy atom. The average molecular weight is 216 g/mol. The van der Waals surface area contributed by atoms with Crippen molar-refractivity contribution < 1.29 is 9.31 Å². The maximum Gasteiger partial charge on any atom is 0.311 e. The monoisotopic (exact) mass is 215 g/mol. The van der Waals surface area contributed by atoms with Gasteiger partial charge in [-0.3, -0.25) is 10.1 Å². The lowest BCUT2D eigenvalue weighted by atomic mass is 10.1. The van der Waals surface area contributed by atoms with Gasteiger partial charge < -0.3 is 0 Å². The Morgan fingerprint density at radius 2 is 2.29 bits per heavy atom. The van der Waals surface area contributed by atoms with Crippen molar-refractivity contribution in [3.63, 3.8) is 0 Å². The molecule has 0 saturated heterocycles. The van der Waals surface area contributed by atoms with Crippen molar-refractivity contribution in [2.24, 2.45) is 0 Å². The van der Waals surface area contributed by atoms with Crippen LogP contribution in [0.15, 0.2) is 24.3 Å². The summed E-state index contributed by atoms with van der Waals surface area (Å²) < 4.78 is 13.0. The lowest BCUT2D eigenvalue weighted by Crippen LogP contribution is -1.95. The van der Waals surface area contributed by atoms with Crippen LogP contribution in [0.2, 0.25) is 0 Å². The molecule has 74 valence electrons. The minimum Gasteiger partial charge on any atom is -0.258 e. The van der Waals surface area contributed by atoms with E-state index < -0.39 is 16.4 Å². The number of nitro benzene ring substituents is 1. The first kappa shape index (κ1) is 10.7. The summed E-state index contributed by atoms with van der Waals surface area (Å²) in [5.41, 5.74) is -0.301. The van der Waals surface area contributed by atoms with Crippen LogP contribution >= 0.6 is 11.6 Å². The van der Waals surface area contributed by atoms with Gasteiger partial charge >= 0.3 is 5.69 Å². The number of para-hydroxylation sites is 1. The Labute approximate surface area is 85.0 Å². The van der Waals surface area contributed by atoms with Crippen molar-refractivity contribution in [1.29, 1.82) is 0 Å². The van der Waals surface area contributed by atoms with Crippen LogP contribution in [0.25, 0.3) is 6.08 Å². The summed E-state index contributed by atoms with van der Waals surface area (Å²) in [4.78, 5) is 9.76. The van der Waals surface area contributed by atoms with E-state index in [0.717, 1.165) is 6.07 Å². The minimum absolute atomic E-state index is 0.218. The molecule has 0 aromatic heterocycles. The number of hydrogen-bond acceptors (Lipinski definition) is 2. The number of halogens is 2. The Bertz CT molecular complexity index is 379. The maximum absolute atomic E-state index is 13.0. The number of benzene rings is 1. The van der Waals surface area contributed by atoms with Gasteiger partial charge in [0.15, 0.2) is 0 Å². The second-order valence-corrected chi connectivity index (χ2v) is 2.80. The molecule has 0 unspecified atom stereocenters. The van der Waals surface area contributed by atoms with E-state index >= 15 is 0 Å². The van der Waals surface area contributed by atoms with Gasteiger partial charge in [-0.05, 0) is 12.1 Å². The van der Waals surface area contributed by atoms with Gasteiger partial charge in [0.05, 0.1) is 10.5 Å². The van der Waals surface area contributed by atoms with Crippen LogP contribution in [-0.4, -0.2) is 10.8 Å². The molecule has 1 rings (SSSR count). The molecule has 1 aromatic carbocycles. The molecule has 1 aromatic rings. The van der Waals surface area contributed by atoms with E-state index in [4.69, 9.17) is 11.6 Å². The van der Waals surface area contributed by atoms with E-state index in [-0.39, 0.29) is 11.4 Å². The molecule has 0 aliphatic heterocycles. The Kier molecular flexibility index (Phi) is 3.59. The fourth-order valence-corrected chi connectivity index (χ4v) is 1.12. The van der Waals surface area contributed by atoms with E-state index in [1.807, 2.05) is 0 Å².